The highest BCUT2D eigenvalue weighted by atomic mass is 16.2. The van der Waals surface area contributed by atoms with E-state index in [4.69, 9.17) is 0 Å². The van der Waals surface area contributed by atoms with E-state index in [1.54, 1.807) is 30.7 Å². The maximum absolute atomic E-state index is 12.8. The average Bonchev–Trinajstić information content (AvgIpc) is 3.28. The van der Waals surface area contributed by atoms with Crippen molar-refractivity contribution in [1.29, 1.82) is 0 Å². The molecule has 2 aromatic heterocycles. The number of hydrogen-bond acceptors (Lipinski definition) is 4. The van der Waals surface area contributed by atoms with Gasteiger partial charge in [-0.05, 0) is 48.7 Å². The normalized spacial score (nSPS) is 14.6. The number of hydrogen-bond donors (Lipinski definition) is 1. The van der Waals surface area contributed by atoms with E-state index in [1.165, 1.54) is 0 Å². The highest BCUT2D eigenvalue weighted by molar-refractivity contribution is 5.95. The summed E-state index contributed by atoms with van der Waals surface area (Å²) < 4.78 is 1.85. The summed E-state index contributed by atoms with van der Waals surface area (Å²) in [5, 5.41) is 7.24. The van der Waals surface area contributed by atoms with Crippen LogP contribution < -0.4 is 5.32 Å². The Kier molecular flexibility index (Phi) is 5.65. The van der Waals surface area contributed by atoms with Crippen LogP contribution in [0.1, 0.15) is 39.1 Å². The number of aromatic nitrogens is 3. The molecule has 1 saturated heterocycles. The van der Waals surface area contributed by atoms with Gasteiger partial charge >= 0.3 is 0 Å². The van der Waals surface area contributed by atoms with Crippen molar-refractivity contribution in [3.63, 3.8) is 0 Å². The lowest BCUT2D eigenvalue weighted by Gasteiger charge is -2.32. The topological polar surface area (TPSA) is 80.1 Å². The number of nitrogens with one attached hydrogen (secondary N) is 1. The molecular formula is C22H23N5O2. The van der Waals surface area contributed by atoms with Crippen LogP contribution in [0.4, 0.5) is 0 Å². The van der Waals surface area contributed by atoms with Crippen molar-refractivity contribution in [2.45, 2.75) is 25.4 Å². The largest absolute Gasteiger partial charge is 0.349 e. The van der Waals surface area contributed by atoms with E-state index in [0.29, 0.717) is 30.8 Å². The van der Waals surface area contributed by atoms with Gasteiger partial charge in [-0.3, -0.25) is 19.3 Å². The molecule has 3 heterocycles. The molecule has 7 nitrogen and oxygen atoms in total. The first-order valence-electron chi connectivity index (χ1n) is 9.75. The summed E-state index contributed by atoms with van der Waals surface area (Å²) in [6, 6.07) is 13.1. The fourth-order valence-electron chi connectivity index (χ4n) is 3.51. The molecule has 148 valence electrons. The van der Waals surface area contributed by atoms with Gasteiger partial charge in [0.05, 0.1) is 12.1 Å². The molecule has 7 heteroatoms. The Labute approximate surface area is 169 Å². The number of likely N-dealkylation sites (tertiary alicyclic amines) is 1. The molecule has 0 unspecified atom stereocenters. The summed E-state index contributed by atoms with van der Waals surface area (Å²) >= 11 is 0. The third-order valence-electron chi connectivity index (χ3n) is 5.15. The Morgan fingerprint density at radius 3 is 2.45 bits per heavy atom. The van der Waals surface area contributed by atoms with E-state index >= 15 is 0 Å². The molecule has 0 atom stereocenters. The summed E-state index contributed by atoms with van der Waals surface area (Å²) in [6.45, 7) is 1.95. The second-order valence-corrected chi connectivity index (χ2v) is 7.18. The molecule has 3 aromatic rings. The molecule has 1 N–H and O–H groups in total. The molecule has 1 aromatic carbocycles. The molecular weight excluding hydrogens is 366 g/mol. The minimum absolute atomic E-state index is 0.0349. The molecule has 0 saturated carbocycles. The van der Waals surface area contributed by atoms with Crippen molar-refractivity contribution in [1.82, 2.24) is 25.0 Å². The maximum Gasteiger partial charge on any atom is 0.253 e. The first-order valence-corrected chi connectivity index (χ1v) is 9.75. The monoisotopic (exact) mass is 389 g/mol. The van der Waals surface area contributed by atoms with Gasteiger partial charge in [0, 0.05) is 49.5 Å². The van der Waals surface area contributed by atoms with Crippen LogP contribution in [0.15, 0.2) is 67.3 Å². The lowest BCUT2D eigenvalue weighted by atomic mass is 10.0. The summed E-state index contributed by atoms with van der Waals surface area (Å²) in [4.78, 5) is 30.9. The van der Waals surface area contributed by atoms with Gasteiger partial charge in [0.2, 0.25) is 0 Å². The Hall–Kier alpha value is -3.48. The van der Waals surface area contributed by atoms with Crippen LogP contribution in [-0.4, -0.2) is 50.6 Å². The van der Waals surface area contributed by atoms with Crippen LogP contribution in [-0.2, 0) is 6.54 Å². The van der Waals surface area contributed by atoms with Gasteiger partial charge in [0.15, 0.2) is 0 Å². The van der Waals surface area contributed by atoms with E-state index < -0.39 is 0 Å². The summed E-state index contributed by atoms with van der Waals surface area (Å²) in [6.07, 6.45) is 8.36. The van der Waals surface area contributed by atoms with Gasteiger partial charge in [-0.15, -0.1) is 0 Å². The Morgan fingerprint density at radius 1 is 1.00 bits per heavy atom. The number of pyridine rings is 1. The van der Waals surface area contributed by atoms with Gasteiger partial charge in [-0.2, -0.15) is 5.10 Å². The number of carbonyl (C=O) groups is 2. The number of rotatable bonds is 5. The number of carbonyl (C=O) groups excluding carboxylic acids is 2. The van der Waals surface area contributed by atoms with E-state index in [2.05, 4.69) is 15.4 Å². The van der Waals surface area contributed by atoms with Crippen LogP contribution in [0.3, 0.4) is 0 Å². The highest BCUT2D eigenvalue weighted by Crippen LogP contribution is 2.15. The highest BCUT2D eigenvalue weighted by Gasteiger charge is 2.24. The van der Waals surface area contributed by atoms with E-state index in [0.717, 1.165) is 18.4 Å². The maximum atomic E-state index is 12.8. The fourth-order valence-corrected chi connectivity index (χ4v) is 3.51. The number of piperidine rings is 1. The van der Waals surface area contributed by atoms with Crippen molar-refractivity contribution in [2.24, 2.45) is 0 Å². The lowest BCUT2D eigenvalue weighted by Crippen LogP contribution is -2.46. The van der Waals surface area contributed by atoms with E-state index in [9.17, 15) is 9.59 Å². The molecule has 1 aliphatic rings. The van der Waals surface area contributed by atoms with E-state index in [-0.39, 0.29) is 17.9 Å². The van der Waals surface area contributed by atoms with Crippen molar-refractivity contribution < 1.29 is 9.59 Å². The van der Waals surface area contributed by atoms with Crippen molar-refractivity contribution in [3.05, 3.63) is 83.9 Å². The second kappa shape index (κ2) is 8.68. The lowest BCUT2D eigenvalue weighted by molar-refractivity contribution is 0.0698. The number of amides is 2. The van der Waals surface area contributed by atoms with Gasteiger partial charge in [0.25, 0.3) is 11.8 Å². The SMILES string of the molecule is O=C(NC1CCN(C(=O)c2ccc(Cn3cccn3)cc2)CC1)c1cccnc1. The third-order valence-corrected chi connectivity index (χ3v) is 5.15. The quantitative estimate of drug-likeness (QED) is 0.726. The van der Waals surface area contributed by atoms with Crippen LogP contribution >= 0.6 is 0 Å². The first-order chi connectivity index (χ1) is 14.2. The Balaban J connectivity index is 1.29. The number of nitrogens with zero attached hydrogens (tertiary/aromatic N) is 4. The van der Waals surface area contributed by atoms with Gasteiger partial charge in [0.1, 0.15) is 0 Å². The Morgan fingerprint density at radius 2 is 1.79 bits per heavy atom. The van der Waals surface area contributed by atoms with Crippen LogP contribution in [0, 0.1) is 0 Å². The fraction of sp³-hybridized carbons (Fsp3) is 0.273. The van der Waals surface area contributed by atoms with Crippen molar-refractivity contribution in [3.8, 4) is 0 Å². The second-order valence-electron chi connectivity index (χ2n) is 7.18. The predicted molar refractivity (Wildman–Crippen MR) is 108 cm³/mol. The first kappa shape index (κ1) is 18.9. The smallest absolute Gasteiger partial charge is 0.253 e. The Bertz CT molecular complexity index is 947. The van der Waals surface area contributed by atoms with Crippen molar-refractivity contribution >= 4 is 11.8 Å². The third kappa shape index (κ3) is 4.68. The van der Waals surface area contributed by atoms with Crippen molar-refractivity contribution in [2.75, 3.05) is 13.1 Å². The molecule has 29 heavy (non-hydrogen) atoms. The predicted octanol–water partition coefficient (Wildman–Crippen LogP) is 2.36. The standard InChI is InChI=1S/C22H23N5O2/c28-21(19-3-1-10-23-15-19)25-20-8-13-26(14-9-20)22(29)18-6-4-17(5-7-18)16-27-12-2-11-24-27/h1-7,10-12,15,20H,8-9,13-14,16H2,(H,25,28). The molecule has 0 radical (unpaired) electrons. The van der Waals surface area contributed by atoms with Crippen LogP contribution in [0.25, 0.3) is 0 Å². The van der Waals surface area contributed by atoms with Crippen LogP contribution in [0.5, 0.6) is 0 Å². The number of benzene rings is 1. The molecule has 0 bridgehead atoms. The summed E-state index contributed by atoms with van der Waals surface area (Å²) in [5.74, 6) is -0.0803. The van der Waals surface area contributed by atoms with Gasteiger partial charge < -0.3 is 10.2 Å². The van der Waals surface area contributed by atoms with Gasteiger partial charge in [-0.1, -0.05) is 12.1 Å². The summed E-state index contributed by atoms with van der Waals surface area (Å²) in [7, 11) is 0. The molecule has 0 spiro atoms. The molecule has 4 rings (SSSR count). The van der Waals surface area contributed by atoms with Crippen LogP contribution in [0.2, 0.25) is 0 Å². The van der Waals surface area contributed by atoms with E-state index in [1.807, 2.05) is 46.1 Å². The average molecular weight is 389 g/mol. The molecule has 2 amide bonds. The summed E-state index contributed by atoms with van der Waals surface area (Å²) in [5.41, 5.74) is 2.34. The zero-order valence-corrected chi connectivity index (χ0v) is 16.1. The zero-order chi connectivity index (χ0) is 20.1. The zero-order valence-electron chi connectivity index (χ0n) is 16.1. The molecule has 1 aliphatic heterocycles. The molecule has 1 fully saturated rings. The minimum atomic E-state index is -0.115. The van der Waals surface area contributed by atoms with Gasteiger partial charge in [-0.25, -0.2) is 0 Å². The molecule has 0 aliphatic carbocycles. The minimum Gasteiger partial charge on any atom is -0.349 e.